The van der Waals surface area contributed by atoms with Crippen LogP contribution in [0.1, 0.15) is 38.4 Å². The van der Waals surface area contributed by atoms with Crippen molar-refractivity contribution in [1.82, 2.24) is 9.97 Å². The normalized spacial score (nSPS) is 20.0. The molecule has 3 rings (SSSR count). The van der Waals surface area contributed by atoms with Crippen LogP contribution in [0.3, 0.4) is 0 Å². The predicted molar refractivity (Wildman–Crippen MR) is 100 cm³/mol. The van der Waals surface area contributed by atoms with E-state index in [1.807, 2.05) is 6.92 Å². The zero-order chi connectivity index (χ0) is 17.5. The fourth-order valence-corrected chi connectivity index (χ4v) is 4.20. The van der Waals surface area contributed by atoms with Crippen LogP contribution in [0.25, 0.3) is 0 Å². The molecule has 0 amide bonds. The number of ether oxygens (including phenoxy) is 1. The van der Waals surface area contributed by atoms with Crippen LogP contribution in [0.5, 0.6) is 0 Å². The van der Waals surface area contributed by atoms with Gasteiger partial charge in [-0.3, -0.25) is 0 Å². The summed E-state index contributed by atoms with van der Waals surface area (Å²) in [6.07, 6.45) is 5.10. The summed E-state index contributed by atoms with van der Waals surface area (Å²) in [7, 11) is 0.705. The molecule has 8 heteroatoms. The molecule has 0 radical (unpaired) electrons. The first kappa shape index (κ1) is 18.8. The average Bonchev–Trinajstić information content (AvgIpc) is 3.17. The van der Waals surface area contributed by atoms with Crippen LogP contribution in [0.4, 0.5) is 11.6 Å². The van der Waals surface area contributed by atoms with E-state index < -0.39 is 8.38 Å². The number of anilines is 2. The monoisotopic (exact) mass is 368 g/mol. The van der Waals surface area contributed by atoms with E-state index in [1.54, 1.807) is 7.11 Å². The summed E-state index contributed by atoms with van der Waals surface area (Å²) in [4.78, 5) is 11.9. The maximum Gasteiger partial charge on any atom is 0.178 e. The van der Waals surface area contributed by atoms with Crippen LogP contribution in [0.2, 0.25) is 0 Å². The minimum absolute atomic E-state index is 0.416. The molecule has 0 aromatic carbocycles. The highest BCUT2D eigenvalue weighted by Crippen LogP contribution is 2.40. The summed E-state index contributed by atoms with van der Waals surface area (Å²) in [5.41, 5.74) is 0. The minimum atomic E-state index is -0.983. The van der Waals surface area contributed by atoms with E-state index in [0.717, 1.165) is 56.6 Å². The summed E-state index contributed by atoms with van der Waals surface area (Å²) < 4.78 is 16.6. The SMILES string of the molecule is CCOP(Cc1nc(NC2CCOCC2)cc(N2CCCC2)n1)OC. The third-order valence-electron chi connectivity index (χ3n) is 4.51. The van der Waals surface area contributed by atoms with Crippen LogP contribution >= 0.6 is 8.38 Å². The Hall–Kier alpha value is -1.01. The number of aromatic nitrogens is 2. The van der Waals surface area contributed by atoms with Crippen molar-refractivity contribution in [2.75, 3.05) is 50.2 Å². The Morgan fingerprint density at radius 3 is 2.72 bits per heavy atom. The van der Waals surface area contributed by atoms with Crippen LogP contribution in [-0.2, 0) is 19.9 Å². The Kier molecular flexibility index (Phi) is 7.23. The van der Waals surface area contributed by atoms with Crippen LogP contribution in [0, 0.1) is 0 Å². The van der Waals surface area contributed by atoms with Crippen molar-refractivity contribution in [3.05, 3.63) is 11.9 Å². The molecule has 2 aliphatic rings. The number of rotatable bonds is 8. The molecular formula is C17H29N4O3P. The van der Waals surface area contributed by atoms with Gasteiger partial charge in [0.1, 0.15) is 17.5 Å². The quantitative estimate of drug-likeness (QED) is 0.707. The lowest BCUT2D eigenvalue weighted by Crippen LogP contribution is -2.29. The number of hydrogen-bond acceptors (Lipinski definition) is 7. The first-order chi connectivity index (χ1) is 12.3. The van der Waals surface area contributed by atoms with Crippen molar-refractivity contribution in [3.63, 3.8) is 0 Å². The van der Waals surface area contributed by atoms with Crippen molar-refractivity contribution >= 4 is 20.0 Å². The van der Waals surface area contributed by atoms with E-state index in [2.05, 4.69) is 16.3 Å². The number of nitrogens with one attached hydrogen (secondary N) is 1. The standard InChI is InChI=1S/C17H29N4O3P/c1-3-24-25(22-2)13-16-19-15(18-14-6-10-23-11-7-14)12-17(20-16)21-8-4-5-9-21/h12,14H,3-11,13H2,1-2H3,(H,18,19,20). The van der Waals surface area contributed by atoms with Crippen molar-refractivity contribution < 1.29 is 13.8 Å². The molecule has 25 heavy (non-hydrogen) atoms. The molecule has 1 N–H and O–H groups in total. The maximum absolute atomic E-state index is 5.66. The largest absolute Gasteiger partial charge is 0.381 e. The molecule has 140 valence electrons. The average molecular weight is 368 g/mol. The summed E-state index contributed by atoms with van der Waals surface area (Å²) in [6.45, 7) is 6.38. The van der Waals surface area contributed by atoms with Crippen LogP contribution in [-0.4, -0.2) is 56.0 Å². The summed E-state index contributed by atoms with van der Waals surface area (Å²) in [6, 6.07) is 2.50. The highest BCUT2D eigenvalue weighted by Gasteiger charge is 2.20. The first-order valence-electron chi connectivity index (χ1n) is 9.20. The Morgan fingerprint density at radius 2 is 2.04 bits per heavy atom. The van der Waals surface area contributed by atoms with Gasteiger partial charge in [-0.25, -0.2) is 9.97 Å². The summed E-state index contributed by atoms with van der Waals surface area (Å²) >= 11 is 0. The molecule has 2 saturated heterocycles. The van der Waals surface area contributed by atoms with E-state index in [9.17, 15) is 0 Å². The fraction of sp³-hybridized carbons (Fsp3) is 0.765. The van der Waals surface area contributed by atoms with E-state index >= 15 is 0 Å². The van der Waals surface area contributed by atoms with Gasteiger partial charge in [-0.2, -0.15) is 0 Å². The van der Waals surface area contributed by atoms with E-state index in [-0.39, 0.29) is 0 Å². The van der Waals surface area contributed by atoms with Gasteiger partial charge in [-0.05, 0) is 32.6 Å². The van der Waals surface area contributed by atoms with Gasteiger partial charge in [-0.15, -0.1) is 0 Å². The lowest BCUT2D eigenvalue weighted by molar-refractivity contribution is 0.0904. The van der Waals surface area contributed by atoms with Crippen molar-refractivity contribution in [2.45, 2.75) is 44.8 Å². The molecule has 2 fully saturated rings. The van der Waals surface area contributed by atoms with E-state index in [1.165, 1.54) is 12.8 Å². The van der Waals surface area contributed by atoms with Gasteiger partial charge in [-0.1, -0.05) is 0 Å². The highest BCUT2D eigenvalue weighted by molar-refractivity contribution is 7.46. The topological polar surface area (TPSA) is 68.7 Å². The zero-order valence-corrected chi connectivity index (χ0v) is 16.1. The van der Waals surface area contributed by atoms with Crippen molar-refractivity contribution in [3.8, 4) is 0 Å². The molecule has 3 heterocycles. The Morgan fingerprint density at radius 1 is 1.28 bits per heavy atom. The van der Waals surface area contributed by atoms with Gasteiger partial charge in [0.25, 0.3) is 0 Å². The number of nitrogens with zero attached hydrogens (tertiary/aromatic N) is 3. The molecular weight excluding hydrogens is 339 g/mol. The molecule has 0 saturated carbocycles. The molecule has 7 nitrogen and oxygen atoms in total. The fourth-order valence-electron chi connectivity index (χ4n) is 3.21. The third kappa shape index (κ3) is 5.48. The first-order valence-corrected chi connectivity index (χ1v) is 10.6. The molecule has 0 bridgehead atoms. The highest BCUT2D eigenvalue weighted by atomic mass is 31.2. The Labute approximate surface area is 151 Å². The minimum Gasteiger partial charge on any atom is -0.381 e. The molecule has 0 spiro atoms. The lowest BCUT2D eigenvalue weighted by atomic mass is 10.1. The second-order valence-corrected chi connectivity index (χ2v) is 7.95. The van der Waals surface area contributed by atoms with Crippen LogP contribution < -0.4 is 10.2 Å². The summed E-state index contributed by atoms with van der Waals surface area (Å²) in [5.74, 6) is 2.71. The Balaban J connectivity index is 1.77. The molecule has 0 aliphatic carbocycles. The van der Waals surface area contributed by atoms with Gasteiger partial charge in [0.05, 0.1) is 12.8 Å². The molecule has 2 aliphatic heterocycles. The van der Waals surface area contributed by atoms with Gasteiger partial charge < -0.3 is 24.0 Å². The van der Waals surface area contributed by atoms with E-state index in [4.69, 9.17) is 23.8 Å². The van der Waals surface area contributed by atoms with Crippen LogP contribution in [0.15, 0.2) is 6.07 Å². The van der Waals surface area contributed by atoms with Gasteiger partial charge >= 0.3 is 0 Å². The van der Waals surface area contributed by atoms with E-state index in [0.29, 0.717) is 18.8 Å². The molecule has 1 aromatic heterocycles. The molecule has 1 aromatic rings. The molecule has 1 atom stereocenters. The Bertz CT molecular complexity index is 512. The maximum atomic E-state index is 5.66. The van der Waals surface area contributed by atoms with Crippen molar-refractivity contribution in [2.24, 2.45) is 0 Å². The third-order valence-corrected chi connectivity index (χ3v) is 6.00. The van der Waals surface area contributed by atoms with Gasteiger partial charge in [0.2, 0.25) is 0 Å². The van der Waals surface area contributed by atoms with Gasteiger partial charge in [0.15, 0.2) is 8.38 Å². The molecule has 1 unspecified atom stereocenters. The number of hydrogen-bond donors (Lipinski definition) is 1. The van der Waals surface area contributed by atoms with Crippen molar-refractivity contribution in [1.29, 1.82) is 0 Å². The second kappa shape index (κ2) is 9.62. The predicted octanol–water partition coefficient (Wildman–Crippen LogP) is 3.16. The van der Waals surface area contributed by atoms with Gasteiger partial charge in [0, 0.05) is 45.5 Å². The second-order valence-electron chi connectivity index (χ2n) is 6.34. The lowest BCUT2D eigenvalue weighted by Gasteiger charge is -2.25. The smallest absolute Gasteiger partial charge is 0.178 e. The zero-order valence-electron chi connectivity index (χ0n) is 15.2. The summed E-state index contributed by atoms with van der Waals surface area (Å²) in [5, 5.41) is 3.58.